The van der Waals surface area contributed by atoms with Crippen molar-refractivity contribution >= 4 is 38.0 Å². The highest BCUT2D eigenvalue weighted by molar-refractivity contribution is 7.89. The van der Waals surface area contributed by atoms with E-state index in [1.807, 2.05) is 29.3 Å². The first-order chi connectivity index (χ1) is 21.3. The van der Waals surface area contributed by atoms with Gasteiger partial charge in [0.15, 0.2) is 5.82 Å². The molecule has 2 saturated carbocycles. The van der Waals surface area contributed by atoms with Gasteiger partial charge < -0.3 is 24.5 Å². The summed E-state index contributed by atoms with van der Waals surface area (Å²) in [6.07, 6.45) is 6.25. The summed E-state index contributed by atoms with van der Waals surface area (Å²) >= 11 is 0. The number of sulfonamides is 1. The number of aromatic nitrogens is 4. The minimum atomic E-state index is -3.23. The number of carbonyl (C=O) groups is 1. The van der Waals surface area contributed by atoms with Gasteiger partial charge in [-0.05, 0) is 74.8 Å². The van der Waals surface area contributed by atoms with Gasteiger partial charge in [0.25, 0.3) is 5.91 Å². The summed E-state index contributed by atoms with van der Waals surface area (Å²) in [5.74, 6) is 2.53. The number of hydrogen-bond acceptors (Lipinski definition) is 7. The van der Waals surface area contributed by atoms with E-state index in [9.17, 15) is 13.2 Å². The van der Waals surface area contributed by atoms with Crippen molar-refractivity contribution in [1.29, 1.82) is 0 Å². The molecule has 232 valence electrons. The van der Waals surface area contributed by atoms with Crippen molar-refractivity contribution in [2.45, 2.75) is 57.8 Å². The van der Waals surface area contributed by atoms with E-state index in [0.29, 0.717) is 54.8 Å². The highest BCUT2D eigenvalue weighted by atomic mass is 32.2. The van der Waals surface area contributed by atoms with Gasteiger partial charge >= 0.3 is 0 Å². The first-order valence-corrected chi connectivity index (χ1v) is 17.4. The van der Waals surface area contributed by atoms with E-state index < -0.39 is 10.0 Å². The summed E-state index contributed by atoms with van der Waals surface area (Å²) in [6, 6.07) is 10.0. The summed E-state index contributed by atoms with van der Waals surface area (Å²) in [5.41, 5.74) is 10.4. The molecule has 12 heteroatoms. The van der Waals surface area contributed by atoms with E-state index in [4.69, 9.17) is 20.4 Å². The zero-order valence-electron chi connectivity index (χ0n) is 25.2. The normalized spacial score (nSPS) is 24.1. The Bertz CT molecular complexity index is 1890. The van der Waals surface area contributed by atoms with E-state index >= 15 is 0 Å². The molecule has 2 bridgehead atoms. The van der Waals surface area contributed by atoms with Crippen molar-refractivity contribution in [3.8, 4) is 17.3 Å². The third-order valence-corrected chi connectivity index (χ3v) is 12.1. The molecule has 4 aliphatic rings. The van der Waals surface area contributed by atoms with Crippen LogP contribution in [0.25, 0.3) is 33.6 Å². The molecule has 44 heavy (non-hydrogen) atoms. The third kappa shape index (κ3) is 4.44. The number of imidazole rings is 1. The number of fused-ring (bicyclic) bond motifs is 4. The number of benzene rings is 1. The standard InChI is InChI=1S/C32H39N7O4S/c1-3-44(41,42)36-14-20(15-36)17-39-29-24(11-23(13-27(29)43-2)32(40)38-18-22-8-9-25(38)28(22)33)35-31(39)26-12-21-5-4-10-34-30(21)37(26)16-19-6-7-19/h4-5,10-13,19-20,22,25,28H,3,6-9,14-18,33H2,1-2H3/t22?,25?,28-/m1/s1. The second kappa shape index (κ2) is 10.3. The number of pyridine rings is 1. The molecule has 0 radical (unpaired) electrons. The zero-order valence-corrected chi connectivity index (χ0v) is 26.0. The lowest BCUT2D eigenvalue weighted by Gasteiger charge is -2.38. The molecule has 4 fully saturated rings. The van der Waals surface area contributed by atoms with Crippen molar-refractivity contribution in [1.82, 2.24) is 28.3 Å². The van der Waals surface area contributed by atoms with Gasteiger partial charge in [0.05, 0.1) is 24.1 Å². The Kier molecular flexibility index (Phi) is 6.55. The van der Waals surface area contributed by atoms with Gasteiger partial charge in [0.2, 0.25) is 10.0 Å². The molecule has 1 aromatic carbocycles. The Balaban J connectivity index is 1.25. The van der Waals surface area contributed by atoms with Gasteiger partial charge in [0, 0.05) is 67.9 Å². The van der Waals surface area contributed by atoms with Gasteiger partial charge in [-0.2, -0.15) is 0 Å². The molecule has 11 nitrogen and oxygen atoms in total. The molecular weight excluding hydrogens is 578 g/mol. The van der Waals surface area contributed by atoms with Crippen molar-refractivity contribution in [2.75, 3.05) is 32.5 Å². The Labute approximate surface area is 257 Å². The summed E-state index contributed by atoms with van der Waals surface area (Å²) in [6.45, 7) is 4.76. The predicted molar refractivity (Wildman–Crippen MR) is 168 cm³/mol. The fourth-order valence-corrected chi connectivity index (χ4v) is 8.89. The smallest absolute Gasteiger partial charge is 0.254 e. The second-order valence-electron chi connectivity index (χ2n) is 13.1. The molecule has 0 spiro atoms. The fraction of sp³-hybridized carbons (Fsp3) is 0.531. The van der Waals surface area contributed by atoms with Crippen molar-refractivity contribution in [3.63, 3.8) is 0 Å². The number of hydrogen-bond donors (Lipinski definition) is 1. The summed E-state index contributed by atoms with van der Waals surface area (Å²) < 4.78 is 37.0. The van der Waals surface area contributed by atoms with Crippen LogP contribution in [0.2, 0.25) is 0 Å². The number of piperidine rings is 1. The number of likely N-dealkylation sites (tertiary alicyclic amines) is 1. The van der Waals surface area contributed by atoms with Crippen LogP contribution < -0.4 is 10.5 Å². The molecule has 2 aliphatic heterocycles. The van der Waals surface area contributed by atoms with Crippen LogP contribution in [-0.2, 0) is 23.1 Å². The first-order valence-electron chi connectivity index (χ1n) is 15.8. The topological polar surface area (TPSA) is 129 Å². The number of carbonyl (C=O) groups excluding carboxylic acids is 1. The molecule has 3 aromatic heterocycles. The monoisotopic (exact) mass is 617 g/mol. The van der Waals surface area contributed by atoms with E-state index in [-0.39, 0.29) is 29.7 Å². The summed E-state index contributed by atoms with van der Waals surface area (Å²) in [5, 5.41) is 1.05. The van der Waals surface area contributed by atoms with Crippen LogP contribution in [0.15, 0.2) is 36.5 Å². The Hall–Kier alpha value is -3.48. The maximum atomic E-state index is 13.9. The third-order valence-electron chi connectivity index (χ3n) is 10.3. The lowest BCUT2D eigenvalue weighted by atomic mass is 10.0. The number of methoxy groups -OCH3 is 1. The van der Waals surface area contributed by atoms with E-state index in [2.05, 4.69) is 21.3 Å². The highest BCUT2D eigenvalue weighted by Gasteiger charge is 2.47. The van der Waals surface area contributed by atoms with Gasteiger partial charge in [0.1, 0.15) is 16.9 Å². The SMILES string of the molecule is CCS(=O)(=O)N1CC(Cn2c(-c3cc4cccnc4n3CC3CC3)nc3cc(C(=O)N4CC5CCC4[C@@H]5N)cc(OC)c32)C1. The van der Waals surface area contributed by atoms with Gasteiger partial charge in [-0.1, -0.05) is 0 Å². The second-order valence-corrected chi connectivity index (χ2v) is 15.4. The van der Waals surface area contributed by atoms with Crippen LogP contribution in [0, 0.1) is 17.8 Å². The van der Waals surface area contributed by atoms with Crippen LogP contribution in [0.4, 0.5) is 0 Å². The number of ether oxygens (including phenoxy) is 1. The largest absolute Gasteiger partial charge is 0.494 e. The average Bonchev–Trinajstić information content (AvgIpc) is 3.36. The summed E-state index contributed by atoms with van der Waals surface area (Å²) in [7, 11) is -1.61. The minimum Gasteiger partial charge on any atom is -0.494 e. The zero-order chi connectivity index (χ0) is 30.3. The molecule has 3 atom stereocenters. The lowest BCUT2D eigenvalue weighted by molar-refractivity contribution is 0.0700. The van der Waals surface area contributed by atoms with E-state index in [0.717, 1.165) is 47.5 Å². The van der Waals surface area contributed by atoms with Crippen LogP contribution in [0.3, 0.4) is 0 Å². The van der Waals surface area contributed by atoms with E-state index in [1.54, 1.807) is 18.3 Å². The summed E-state index contributed by atoms with van der Waals surface area (Å²) in [4.78, 5) is 25.7. The highest BCUT2D eigenvalue weighted by Crippen LogP contribution is 2.41. The van der Waals surface area contributed by atoms with Gasteiger partial charge in [-0.25, -0.2) is 22.7 Å². The maximum Gasteiger partial charge on any atom is 0.254 e. The van der Waals surface area contributed by atoms with Crippen LogP contribution in [0.1, 0.15) is 43.0 Å². The number of nitrogens with zero attached hydrogens (tertiary/aromatic N) is 6. The predicted octanol–water partition coefficient (Wildman–Crippen LogP) is 3.31. The quantitative estimate of drug-likeness (QED) is 0.305. The number of nitrogens with two attached hydrogens (primary N) is 1. The molecular formula is C32H39N7O4S. The average molecular weight is 618 g/mol. The minimum absolute atomic E-state index is 0.0320. The molecule has 2 unspecified atom stereocenters. The molecule has 8 rings (SSSR count). The maximum absolute atomic E-state index is 13.9. The van der Waals surface area contributed by atoms with E-state index in [1.165, 1.54) is 12.8 Å². The van der Waals surface area contributed by atoms with Crippen molar-refractivity contribution in [3.05, 3.63) is 42.1 Å². The Morgan fingerprint density at radius 2 is 1.84 bits per heavy atom. The fourth-order valence-electron chi connectivity index (χ4n) is 7.65. The molecule has 4 aromatic rings. The Morgan fingerprint density at radius 1 is 1.05 bits per heavy atom. The van der Waals surface area contributed by atoms with Crippen LogP contribution in [-0.4, -0.2) is 87.2 Å². The molecule has 5 heterocycles. The number of amides is 1. The van der Waals surface area contributed by atoms with Crippen molar-refractivity contribution in [2.24, 2.45) is 23.5 Å². The molecule has 1 amide bonds. The van der Waals surface area contributed by atoms with Crippen molar-refractivity contribution < 1.29 is 17.9 Å². The van der Waals surface area contributed by atoms with Crippen LogP contribution >= 0.6 is 0 Å². The van der Waals surface area contributed by atoms with Crippen LogP contribution in [0.5, 0.6) is 5.75 Å². The van der Waals surface area contributed by atoms with Gasteiger partial charge in [-0.15, -0.1) is 0 Å². The molecule has 2 saturated heterocycles. The molecule has 2 N–H and O–H groups in total. The number of rotatable bonds is 9. The van der Waals surface area contributed by atoms with Gasteiger partial charge in [-0.3, -0.25) is 4.79 Å². The Morgan fingerprint density at radius 3 is 2.52 bits per heavy atom. The lowest BCUT2D eigenvalue weighted by Crippen LogP contribution is -2.51. The first kappa shape index (κ1) is 28.0. The molecule has 2 aliphatic carbocycles.